The lowest BCUT2D eigenvalue weighted by molar-refractivity contribution is 0.169. The largest absolute Gasteiger partial charge is 0.450 e. The minimum Gasteiger partial charge on any atom is -0.318 e. The summed E-state index contributed by atoms with van der Waals surface area (Å²) in [5.74, 6) is 0.635. The molecule has 1 radical (unpaired) electrons. The average molecular weight is 275 g/mol. The number of thioether (sulfide) groups is 1. The zero-order valence-electron chi connectivity index (χ0n) is 9.80. The molecule has 1 heterocycles. The monoisotopic (exact) mass is 275 g/mol. The molecule has 1 aromatic rings. The Balaban J connectivity index is 2.23. The number of hydrogen-bond donors (Lipinski definition) is 1. The highest BCUT2D eigenvalue weighted by molar-refractivity contribution is 8.01. The van der Waals surface area contributed by atoms with Gasteiger partial charge in [-0.3, -0.25) is 0 Å². The number of rotatable bonds is 7. The Bertz CT molecular complexity index is 357. The summed E-state index contributed by atoms with van der Waals surface area (Å²) in [4.78, 5) is 12.2. The van der Waals surface area contributed by atoms with Crippen LogP contribution in [0.15, 0.2) is 4.34 Å². The van der Waals surface area contributed by atoms with Crippen LogP contribution in [0.3, 0.4) is 0 Å². The molecule has 95 valence electrons. The first-order valence-corrected chi connectivity index (χ1v) is 6.93. The van der Waals surface area contributed by atoms with Crippen molar-refractivity contribution in [3.63, 3.8) is 0 Å². The Morgan fingerprint density at radius 3 is 2.88 bits per heavy atom. The molecule has 17 heavy (non-hydrogen) atoms. The van der Waals surface area contributed by atoms with E-state index in [9.17, 15) is 9.90 Å². The van der Waals surface area contributed by atoms with Gasteiger partial charge in [0.25, 0.3) is 0 Å². The Kier molecular flexibility index (Phi) is 6.23. The number of carbonyl (C=O) groups excluding carboxylic acids is 1. The lowest BCUT2D eigenvalue weighted by atomic mass is 10.4. The molecule has 0 aliphatic rings. The smallest absolute Gasteiger partial charge is 0.318 e. The van der Waals surface area contributed by atoms with Gasteiger partial charge < -0.3 is 10.2 Å². The molecule has 1 N–H and O–H groups in total. The zero-order chi connectivity index (χ0) is 12.7. The number of carbonyl (C=O) groups is 1. The predicted molar refractivity (Wildman–Crippen MR) is 67.0 cm³/mol. The number of amides is 1. The van der Waals surface area contributed by atoms with Crippen LogP contribution in [0.5, 0.6) is 0 Å². The molecule has 0 fully saturated rings. The summed E-state index contributed by atoms with van der Waals surface area (Å²) >= 11 is 3.05. The summed E-state index contributed by atoms with van der Waals surface area (Å²) in [6.45, 7) is 1.31. The highest BCUT2D eigenvalue weighted by atomic mass is 32.2. The van der Waals surface area contributed by atoms with Crippen LogP contribution >= 0.6 is 23.1 Å². The number of nitrogens with zero attached hydrogens (tertiary/aromatic N) is 3. The van der Waals surface area contributed by atoms with Crippen LogP contribution in [-0.4, -0.2) is 54.1 Å². The first-order chi connectivity index (χ1) is 8.08. The Morgan fingerprint density at radius 1 is 1.47 bits per heavy atom. The minimum atomic E-state index is -1.24. The van der Waals surface area contributed by atoms with E-state index in [1.165, 1.54) is 11.8 Å². The fourth-order valence-electron chi connectivity index (χ4n) is 1.01. The SMILES string of the molecule is CN(C)CCc1nnc(SCCNC([O])=O)s1. The van der Waals surface area contributed by atoms with Gasteiger partial charge in [-0.1, -0.05) is 23.1 Å². The number of nitrogens with one attached hydrogen (secondary N) is 1. The average Bonchev–Trinajstić information content (AvgIpc) is 2.69. The van der Waals surface area contributed by atoms with Gasteiger partial charge in [-0.25, -0.2) is 9.90 Å². The molecule has 0 spiro atoms. The van der Waals surface area contributed by atoms with E-state index in [1.54, 1.807) is 11.3 Å². The van der Waals surface area contributed by atoms with Gasteiger partial charge in [-0.05, 0) is 14.1 Å². The standard InChI is InChI=1S/C9H15N4O2S2/c1-13(2)5-3-7-11-12-9(17-7)16-6-4-10-8(14)15/h10H,3-6H2,1-2H3. The maximum Gasteiger partial charge on any atom is 0.450 e. The van der Waals surface area contributed by atoms with Crippen molar-refractivity contribution < 1.29 is 9.90 Å². The molecule has 0 aliphatic heterocycles. The molecule has 1 amide bonds. The molecule has 1 aromatic heterocycles. The van der Waals surface area contributed by atoms with Crippen LogP contribution in [0.25, 0.3) is 0 Å². The molecular formula is C9H15N4O2S2. The second-order valence-electron chi connectivity index (χ2n) is 3.58. The van der Waals surface area contributed by atoms with Crippen molar-refractivity contribution in [1.82, 2.24) is 20.4 Å². The van der Waals surface area contributed by atoms with Gasteiger partial charge in [0.1, 0.15) is 5.01 Å². The van der Waals surface area contributed by atoms with Crippen molar-refractivity contribution in [3.8, 4) is 0 Å². The van der Waals surface area contributed by atoms with Crippen LogP contribution < -0.4 is 5.32 Å². The highest BCUT2D eigenvalue weighted by Crippen LogP contribution is 2.22. The van der Waals surface area contributed by atoms with Gasteiger partial charge in [0.2, 0.25) is 0 Å². The number of aromatic nitrogens is 2. The summed E-state index contributed by atoms with van der Waals surface area (Å²) in [5, 5.41) is 21.4. The van der Waals surface area contributed by atoms with Crippen LogP contribution in [0.1, 0.15) is 5.01 Å². The minimum absolute atomic E-state index is 0.361. The second-order valence-corrected chi connectivity index (χ2v) is 5.98. The Morgan fingerprint density at radius 2 is 2.24 bits per heavy atom. The molecule has 0 saturated heterocycles. The highest BCUT2D eigenvalue weighted by Gasteiger charge is 2.05. The topological polar surface area (TPSA) is 78.0 Å². The van der Waals surface area contributed by atoms with E-state index in [2.05, 4.69) is 20.4 Å². The molecule has 0 unspecified atom stereocenters. The molecule has 6 nitrogen and oxygen atoms in total. The van der Waals surface area contributed by atoms with Crippen LogP contribution in [0.2, 0.25) is 0 Å². The Hall–Kier alpha value is -0.860. The van der Waals surface area contributed by atoms with Gasteiger partial charge in [-0.2, -0.15) is 0 Å². The van der Waals surface area contributed by atoms with Gasteiger partial charge >= 0.3 is 6.09 Å². The first-order valence-electron chi connectivity index (χ1n) is 5.12. The third-order valence-corrected chi connectivity index (χ3v) is 3.94. The third kappa shape index (κ3) is 6.44. The summed E-state index contributed by atoms with van der Waals surface area (Å²) in [6, 6.07) is 0. The van der Waals surface area contributed by atoms with E-state index in [4.69, 9.17) is 0 Å². The van der Waals surface area contributed by atoms with Crippen molar-refractivity contribution in [2.75, 3.05) is 32.9 Å². The maximum absolute atomic E-state index is 10.1. The predicted octanol–water partition coefficient (Wildman–Crippen LogP) is 0.874. The van der Waals surface area contributed by atoms with E-state index in [0.29, 0.717) is 12.3 Å². The zero-order valence-corrected chi connectivity index (χ0v) is 11.4. The van der Waals surface area contributed by atoms with Crippen LogP contribution in [-0.2, 0) is 11.5 Å². The second kappa shape index (κ2) is 7.46. The summed E-state index contributed by atoms with van der Waals surface area (Å²) in [7, 11) is 4.03. The van der Waals surface area contributed by atoms with Crippen molar-refractivity contribution in [3.05, 3.63) is 5.01 Å². The fourth-order valence-corrected chi connectivity index (χ4v) is 2.82. The molecule has 0 aliphatic carbocycles. The van der Waals surface area contributed by atoms with Crippen LogP contribution in [0, 0.1) is 0 Å². The van der Waals surface area contributed by atoms with Gasteiger partial charge in [-0.15, -0.1) is 10.2 Å². The van der Waals surface area contributed by atoms with E-state index in [1.807, 2.05) is 14.1 Å². The molecular weight excluding hydrogens is 260 g/mol. The van der Waals surface area contributed by atoms with Crippen LogP contribution in [0.4, 0.5) is 4.79 Å². The van der Waals surface area contributed by atoms with E-state index < -0.39 is 6.09 Å². The van der Waals surface area contributed by atoms with E-state index in [0.717, 1.165) is 22.3 Å². The van der Waals surface area contributed by atoms with E-state index in [-0.39, 0.29) is 0 Å². The first kappa shape index (κ1) is 14.2. The summed E-state index contributed by atoms with van der Waals surface area (Å²) in [6.07, 6.45) is -0.350. The number of likely N-dealkylation sites (N-methyl/N-ethyl adjacent to an activating group) is 1. The van der Waals surface area contributed by atoms with Crippen molar-refractivity contribution in [1.29, 1.82) is 0 Å². The normalized spacial score (nSPS) is 10.8. The lowest BCUT2D eigenvalue weighted by Crippen LogP contribution is -2.22. The van der Waals surface area contributed by atoms with Gasteiger partial charge in [0.05, 0.1) is 0 Å². The quantitative estimate of drug-likeness (QED) is 0.590. The fraction of sp³-hybridized carbons (Fsp3) is 0.667. The van der Waals surface area contributed by atoms with Crippen molar-refractivity contribution in [2.24, 2.45) is 0 Å². The van der Waals surface area contributed by atoms with E-state index >= 15 is 0 Å². The summed E-state index contributed by atoms with van der Waals surface area (Å²) in [5.41, 5.74) is 0. The molecule has 0 aromatic carbocycles. The maximum atomic E-state index is 10.1. The molecule has 0 bridgehead atoms. The Labute approximate surface area is 108 Å². The number of hydrogen-bond acceptors (Lipinski definition) is 6. The lowest BCUT2D eigenvalue weighted by Gasteiger charge is -2.05. The summed E-state index contributed by atoms with van der Waals surface area (Å²) < 4.78 is 0.874. The van der Waals surface area contributed by atoms with Gasteiger partial charge in [0, 0.05) is 25.3 Å². The van der Waals surface area contributed by atoms with Crippen molar-refractivity contribution in [2.45, 2.75) is 10.8 Å². The van der Waals surface area contributed by atoms with Crippen molar-refractivity contribution >= 4 is 29.2 Å². The third-order valence-electron chi connectivity index (χ3n) is 1.82. The molecule has 0 atom stereocenters. The van der Waals surface area contributed by atoms with Gasteiger partial charge in [0.15, 0.2) is 4.34 Å². The molecule has 8 heteroatoms. The molecule has 1 rings (SSSR count). The molecule has 0 saturated carbocycles.